The average molecular weight is 437 g/mol. The van der Waals surface area contributed by atoms with E-state index in [1.807, 2.05) is 32.5 Å². The zero-order valence-corrected chi connectivity index (χ0v) is 19.1. The van der Waals surface area contributed by atoms with Crippen molar-refractivity contribution in [1.29, 1.82) is 0 Å². The predicted molar refractivity (Wildman–Crippen MR) is 116 cm³/mol. The fourth-order valence-electron chi connectivity index (χ4n) is 3.93. The molecule has 2 heterocycles. The summed E-state index contributed by atoms with van der Waals surface area (Å²) in [5.41, 5.74) is 1.48. The topological polar surface area (TPSA) is 84.7 Å². The summed E-state index contributed by atoms with van der Waals surface area (Å²) in [6, 6.07) is 5.04. The Hall–Kier alpha value is -1.97. The molecule has 0 aliphatic carbocycles. The van der Waals surface area contributed by atoms with E-state index >= 15 is 0 Å². The van der Waals surface area contributed by atoms with Crippen molar-refractivity contribution >= 4 is 27.0 Å². The van der Waals surface area contributed by atoms with E-state index in [4.69, 9.17) is 4.74 Å². The van der Waals surface area contributed by atoms with Gasteiger partial charge in [0, 0.05) is 53.2 Å². The number of hydrogen-bond donors (Lipinski definition) is 0. The van der Waals surface area contributed by atoms with Crippen molar-refractivity contribution in [2.24, 2.45) is 7.05 Å². The lowest BCUT2D eigenvalue weighted by Crippen LogP contribution is -2.34. The maximum atomic E-state index is 12.8. The highest BCUT2D eigenvalue weighted by Crippen LogP contribution is 2.23. The molecule has 3 rings (SSSR count). The first-order valence-electron chi connectivity index (χ1n) is 10.6. The third-order valence-electron chi connectivity index (χ3n) is 5.78. The smallest absolute Gasteiger partial charge is 0.243 e. The molecule has 2 aromatic rings. The van der Waals surface area contributed by atoms with Crippen molar-refractivity contribution < 1.29 is 17.9 Å². The van der Waals surface area contributed by atoms with Crippen LogP contribution in [0, 0.1) is 0 Å². The minimum absolute atomic E-state index is 0.0577. The van der Waals surface area contributed by atoms with Crippen LogP contribution in [0.15, 0.2) is 23.1 Å². The highest BCUT2D eigenvalue weighted by Gasteiger charge is 2.23. The minimum Gasteiger partial charge on any atom is -0.376 e. The number of carbonyl (C=O) groups is 1. The van der Waals surface area contributed by atoms with Crippen LogP contribution in [-0.4, -0.2) is 72.5 Å². The summed E-state index contributed by atoms with van der Waals surface area (Å²) >= 11 is 0. The lowest BCUT2D eigenvalue weighted by Gasteiger charge is -2.20. The van der Waals surface area contributed by atoms with Gasteiger partial charge in [0.2, 0.25) is 15.9 Å². The van der Waals surface area contributed by atoms with Gasteiger partial charge in [0.15, 0.2) is 0 Å². The maximum absolute atomic E-state index is 12.8. The lowest BCUT2D eigenvalue weighted by atomic mass is 10.2. The third kappa shape index (κ3) is 4.68. The van der Waals surface area contributed by atoms with Crippen molar-refractivity contribution in [3.63, 3.8) is 0 Å². The van der Waals surface area contributed by atoms with E-state index in [9.17, 15) is 13.2 Å². The molecule has 0 N–H and O–H groups in total. The number of sulfonamides is 1. The number of nitrogens with zero attached hydrogens (tertiary/aromatic N) is 4. The highest BCUT2D eigenvalue weighted by atomic mass is 32.2. The number of imidazole rings is 1. The number of aryl methyl sites for hydroxylation is 2. The summed E-state index contributed by atoms with van der Waals surface area (Å²) in [6.45, 7) is 5.89. The van der Waals surface area contributed by atoms with Gasteiger partial charge in [-0.15, -0.1) is 0 Å². The van der Waals surface area contributed by atoms with Gasteiger partial charge >= 0.3 is 0 Å². The number of hydrogen-bond acceptors (Lipinski definition) is 5. The van der Waals surface area contributed by atoms with Gasteiger partial charge in [0.05, 0.1) is 22.0 Å². The molecule has 1 amide bonds. The van der Waals surface area contributed by atoms with E-state index in [-0.39, 0.29) is 16.9 Å². The molecule has 1 unspecified atom stereocenters. The Kier molecular flexibility index (Phi) is 7.15. The zero-order chi connectivity index (χ0) is 21.9. The molecule has 0 saturated carbocycles. The standard InChI is InChI=1S/C21H32N4O4S/c1-5-25(6-2)30(27,28)17-9-10-19-18(14-17)22-20(24(19)4)11-12-21(26)23(3)15-16-8-7-13-29-16/h9-10,14,16H,5-8,11-13,15H2,1-4H3. The molecule has 1 atom stereocenters. The molecule has 1 fully saturated rings. The van der Waals surface area contributed by atoms with Crippen LogP contribution >= 0.6 is 0 Å². The monoisotopic (exact) mass is 436 g/mol. The van der Waals surface area contributed by atoms with Crippen molar-refractivity contribution in [3.05, 3.63) is 24.0 Å². The minimum atomic E-state index is -3.53. The van der Waals surface area contributed by atoms with Gasteiger partial charge in [-0.1, -0.05) is 13.8 Å². The number of likely N-dealkylation sites (N-methyl/N-ethyl adjacent to an activating group) is 1. The van der Waals surface area contributed by atoms with Crippen molar-refractivity contribution in [2.45, 2.75) is 50.5 Å². The molecule has 166 valence electrons. The van der Waals surface area contributed by atoms with Crippen LogP contribution in [0.2, 0.25) is 0 Å². The Morgan fingerprint density at radius 2 is 2.03 bits per heavy atom. The van der Waals surface area contributed by atoms with Crippen molar-refractivity contribution in [2.75, 3.05) is 33.3 Å². The van der Waals surface area contributed by atoms with Gasteiger partial charge in [-0.05, 0) is 31.0 Å². The Labute approximate surface area is 178 Å². The molecule has 1 aromatic carbocycles. The summed E-state index contributed by atoms with van der Waals surface area (Å²) in [5.74, 6) is 0.823. The van der Waals surface area contributed by atoms with E-state index < -0.39 is 10.0 Å². The van der Waals surface area contributed by atoms with Crippen molar-refractivity contribution in [3.8, 4) is 0 Å². The second-order valence-corrected chi connectivity index (χ2v) is 9.67. The molecule has 1 aliphatic heterocycles. The van der Waals surface area contributed by atoms with E-state index in [2.05, 4.69) is 4.98 Å². The molecule has 9 heteroatoms. The molecule has 0 bridgehead atoms. The predicted octanol–water partition coefficient (Wildman–Crippen LogP) is 2.17. The highest BCUT2D eigenvalue weighted by molar-refractivity contribution is 7.89. The Morgan fingerprint density at radius 3 is 2.67 bits per heavy atom. The lowest BCUT2D eigenvalue weighted by molar-refractivity contribution is -0.131. The van der Waals surface area contributed by atoms with Crippen LogP contribution in [0.5, 0.6) is 0 Å². The number of amides is 1. The van der Waals surface area contributed by atoms with E-state index in [0.29, 0.717) is 38.0 Å². The maximum Gasteiger partial charge on any atom is 0.243 e. The fraction of sp³-hybridized carbons (Fsp3) is 0.619. The summed E-state index contributed by atoms with van der Waals surface area (Å²) < 4.78 is 34.5. The van der Waals surface area contributed by atoms with E-state index in [1.54, 1.807) is 23.1 Å². The number of ether oxygens (including phenoxy) is 1. The van der Waals surface area contributed by atoms with E-state index in [0.717, 1.165) is 30.8 Å². The number of fused-ring (bicyclic) bond motifs is 1. The van der Waals surface area contributed by atoms with Gasteiger partial charge in [0.1, 0.15) is 5.82 Å². The molecule has 30 heavy (non-hydrogen) atoms. The van der Waals surface area contributed by atoms with E-state index in [1.165, 1.54) is 4.31 Å². The van der Waals surface area contributed by atoms with Crippen LogP contribution in [0.1, 0.15) is 38.9 Å². The Balaban J connectivity index is 1.72. The molecule has 1 aliphatic rings. The first kappa shape index (κ1) is 22.7. The molecular weight excluding hydrogens is 404 g/mol. The number of aromatic nitrogens is 2. The molecule has 0 spiro atoms. The molecule has 8 nitrogen and oxygen atoms in total. The summed E-state index contributed by atoms with van der Waals surface area (Å²) in [7, 11) is 0.168. The Bertz CT molecular complexity index is 992. The molecule has 1 saturated heterocycles. The van der Waals surface area contributed by atoms with Crippen LogP contribution in [0.3, 0.4) is 0 Å². The van der Waals surface area contributed by atoms with Crippen LogP contribution in [0.4, 0.5) is 0 Å². The number of rotatable bonds is 9. The first-order chi connectivity index (χ1) is 14.3. The second kappa shape index (κ2) is 9.45. The fourth-order valence-corrected chi connectivity index (χ4v) is 5.41. The second-order valence-electron chi connectivity index (χ2n) is 7.74. The van der Waals surface area contributed by atoms with Gasteiger partial charge in [-0.25, -0.2) is 13.4 Å². The third-order valence-corrected chi connectivity index (χ3v) is 7.82. The quantitative estimate of drug-likeness (QED) is 0.602. The van der Waals surface area contributed by atoms with Crippen LogP contribution in [0.25, 0.3) is 11.0 Å². The van der Waals surface area contributed by atoms with Crippen molar-refractivity contribution in [1.82, 2.24) is 18.8 Å². The van der Waals surface area contributed by atoms with Gasteiger partial charge < -0.3 is 14.2 Å². The average Bonchev–Trinajstić information content (AvgIpc) is 3.34. The summed E-state index contributed by atoms with van der Waals surface area (Å²) in [6.07, 6.45) is 3.05. The SMILES string of the molecule is CCN(CC)S(=O)(=O)c1ccc2c(c1)nc(CCC(=O)N(C)CC1CCCO1)n2C. The summed E-state index contributed by atoms with van der Waals surface area (Å²) in [4.78, 5) is 19.1. The van der Waals surface area contributed by atoms with Gasteiger partial charge in [-0.3, -0.25) is 4.79 Å². The normalized spacial score (nSPS) is 17.2. The number of carbonyl (C=O) groups excluding carboxylic acids is 1. The Morgan fingerprint density at radius 1 is 1.30 bits per heavy atom. The molecular formula is C21H32N4O4S. The number of benzene rings is 1. The zero-order valence-electron chi connectivity index (χ0n) is 18.3. The molecule has 1 aromatic heterocycles. The first-order valence-corrected chi connectivity index (χ1v) is 12.0. The van der Waals surface area contributed by atoms with Crippen LogP contribution in [-0.2, 0) is 33.0 Å². The van der Waals surface area contributed by atoms with Crippen LogP contribution < -0.4 is 0 Å². The largest absolute Gasteiger partial charge is 0.376 e. The van der Waals surface area contributed by atoms with Gasteiger partial charge in [-0.2, -0.15) is 4.31 Å². The van der Waals surface area contributed by atoms with Gasteiger partial charge in [0.25, 0.3) is 0 Å². The molecule has 0 radical (unpaired) electrons. The summed E-state index contributed by atoms with van der Waals surface area (Å²) in [5, 5.41) is 0.